The standard InChI is InChI=1S/C18H34N4O6/c1-6-10(4)15(22-17(27)14(19)11(5)23)18(28)21-12(7-9(2)3)16(26)20-8-13(24)25/h9-12,14-15,23H,6-8,19H2,1-5H3,(H,20,26)(H,21,28)(H,22,27)(H,24,25). The Morgan fingerprint density at radius 3 is 1.96 bits per heavy atom. The molecule has 0 spiro atoms. The Kier molecular flexibility index (Phi) is 11.3. The Morgan fingerprint density at radius 1 is 0.964 bits per heavy atom. The fourth-order valence-electron chi connectivity index (χ4n) is 2.42. The summed E-state index contributed by atoms with van der Waals surface area (Å²) in [5.74, 6) is -3.25. The normalized spacial score (nSPS) is 16.4. The van der Waals surface area contributed by atoms with Gasteiger partial charge in [0.15, 0.2) is 0 Å². The Balaban J connectivity index is 5.31. The van der Waals surface area contributed by atoms with Gasteiger partial charge in [-0.25, -0.2) is 0 Å². The molecule has 0 aliphatic carbocycles. The van der Waals surface area contributed by atoms with Crippen LogP contribution in [0, 0.1) is 11.8 Å². The molecule has 0 aromatic heterocycles. The van der Waals surface area contributed by atoms with E-state index in [0.717, 1.165) is 0 Å². The molecule has 10 heteroatoms. The van der Waals surface area contributed by atoms with E-state index < -0.39 is 54.5 Å². The highest BCUT2D eigenvalue weighted by atomic mass is 16.4. The van der Waals surface area contributed by atoms with Gasteiger partial charge in [0.2, 0.25) is 17.7 Å². The number of nitrogens with two attached hydrogens (primary N) is 1. The number of aliphatic hydroxyl groups is 1. The minimum absolute atomic E-state index is 0.0566. The molecule has 0 aromatic rings. The number of carbonyl (C=O) groups is 4. The van der Waals surface area contributed by atoms with Gasteiger partial charge in [0.1, 0.15) is 24.7 Å². The summed E-state index contributed by atoms with van der Waals surface area (Å²) in [6.07, 6.45) is -0.218. The highest BCUT2D eigenvalue weighted by Crippen LogP contribution is 2.11. The molecule has 0 bridgehead atoms. The summed E-state index contributed by atoms with van der Waals surface area (Å²) in [6.45, 7) is 8.14. The zero-order chi connectivity index (χ0) is 22.0. The molecule has 162 valence electrons. The number of rotatable bonds is 12. The summed E-state index contributed by atoms with van der Waals surface area (Å²) in [5.41, 5.74) is 5.62. The molecule has 0 rings (SSSR count). The number of hydrogen-bond acceptors (Lipinski definition) is 6. The zero-order valence-corrected chi connectivity index (χ0v) is 17.2. The Hall–Kier alpha value is -2.20. The van der Waals surface area contributed by atoms with Crippen molar-refractivity contribution >= 4 is 23.7 Å². The predicted molar refractivity (Wildman–Crippen MR) is 103 cm³/mol. The molecule has 10 nitrogen and oxygen atoms in total. The third-order valence-electron chi connectivity index (χ3n) is 4.37. The van der Waals surface area contributed by atoms with E-state index in [4.69, 9.17) is 10.8 Å². The van der Waals surface area contributed by atoms with Crippen LogP contribution in [0.4, 0.5) is 0 Å². The van der Waals surface area contributed by atoms with Gasteiger partial charge >= 0.3 is 5.97 Å². The number of carbonyl (C=O) groups excluding carboxylic acids is 3. The highest BCUT2D eigenvalue weighted by Gasteiger charge is 2.32. The molecule has 0 heterocycles. The first-order valence-electron chi connectivity index (χ1n) is 9.44. The van der Waals surface area contributed by atoms with Gasteiger partial charge in [-0.3, -0.25) is 19.2 Å². The van der Waals surface area contributed by atoms with Crippen molar-refractivity contribution in [3.8, 4) is 0 Å². The van der Waals surface area contributed by atoms with Crippen molar-refractivity contribution in [1.29, 1.82) is 0 Å². The van der Waals surface area contributed by atoms with Crippen molar-refractivity contribution in [3.63, 3.8) is 0 Å². The van der Waals surface area contributed by atoms with Crippen LogP contribution in [0.5, 0.6) is 0 Å². The molecule has 3 amide bonds. The topological polar surface area (TPSA) is 171 Å². The second-order valence-electron chi connectivity index (χ2n) is 7.44. The van der Waals surface area contributed by atoms with Crippen LogP contribution in [0.1, 0.15) is 47.5 Å². The molecule has 0 aliphatic heterocycles. The second kappa shape index (κ2) is 12.3. The lowest BCUT2D eigenvalue weighted by atomic mass is 9.96. The van der Waals surface area contributed by atoms with Gasteiger partial charge in [-0.2, -0.15) is 0 Å². The second-order valence-corrected chi connectivity index (χ2v) is 7.44. The maximum atomic E-state index is 12.8. The molecule has 0 saturated carbocycles. The van der Waals surface area contributed by atoms with E-state index in [9.17, 15) is 24.3 Å². The SMILES string of the molecule is CCC(C)C(NC(=O)C(N)C(C)O)C(=O)NC(CC(C)C)C(=O)NCC(=O)O. The quantitative estimate of drug-likeness (QED) is 0.242. The lowest BCUT2D eigenvalue weighted by Crippen LogP contribution is -2.59. The molecule has 5 atom stereocenters. The van der Waals surface area contributed by atoms with Gasteiger partial charge < -0.3 is 31.9 Å². The third kappa shape index (κ3) is 9.14. The Morgan fingerprint density at radius 2 is 1.54 bits per heavy atom. The van der Waals surface area contributed by atoms with Gasteiger partial charge in [0.05, 0.1) is 6.10 Å². The first-order chi connectivity index (χ1) is 12.9. The van der Waals surface area contributed by atoms with E-state index >= 15 is 0 Å². The Bertz CT molecular complexity index is 552. The summed E-state index contributed by atoms with van der Waals surface area (Å²) in [4.78, 5) is 47.9. The number of amides is 3. The number of carboxylic acids is 1. The van der Waals surface area contributed by atoms with Crippen LogP contribution in [-0.4, -0.2) is 64.7 Å². The van der Waals surface area contributed by atoms with Crippen LogP contribution in [0.25, 0.3) is 0 Å². The lowest BCUT2D eigenvalue weighted by Gasteiger charge is -2.28. The molecule has 0 aromatic carbocycles. The fraction of sp³-hybridized carbons (Fsp3) is 0.778. The van der Waals surface area contributed by atoms with E-state index in [2.05, 4.69) is 16.0 Å². The number of aliphatic carboxylic acids is 1. The highest BCUT2D eigenvalue weighted by molar-refractivity contribution is 5.93. The Labute approximate surface area is 165 Å². The summed E-state index contributed by atoms with van der Waals surface area (Å²) in [6, 6.07) is -3.09. The molecular formula is C18H34N4O6. The van der Waals surface area contributed by atoms with Crippen LogP contribution < -0.4 is 21.7 Å². The molecule has 28 heavy (non-hydrogen) atoms. The average molecular weight is 402 g/mol. The van der Waals surface area contributed by atoms with E-state index in [1.165, 1.54) is 6.92 Å². The number of hydrogen-bond donors (Lipinski definition) is 6. The average Bonchev–Trinajstić information content (AvgIpc) is 2.61. The van der Waals surface area contributed by atoms with Crippen molar-refractivity contribution < 1.29 is 29.4 Å². The monoisotopic (exact) mass is 402 g/mol. The van der Waals surface area contributed by atoms with Gasteiger partial charge in [0.25, 0.3) is 0 Å². The minimum Gasteiger partial charge on any atom is -0.480 e. The van der Waals surface area contributed by atoms with Crippen molar-refractivity contribution in [2.24, 2.45) is 17.6 Å². The summed E-state index contributed by atoms with van der Waals surface area (Å²) >= 11 is 0. The van der Waals surface area contributed by atoms with Crippen molar-refractivity contribution in [3.05, 3.63) is 0 Å². The van der Waals surface area contributed by atoms with E-state index in [-0.39, 0.29) is 11.8 Å². The molecule has 0 saturated heterocycles. The first-order valence-corrected chi connectivity index (χ1v) is 9.44. The minimum atomic E-state index is -1.19. The maximum absolute atomic E-state index is 12.8. The molecular weight excluding hydrogens is 368 g/mol. The molecule has 0 aliphatic rings. The van der Waals surface area contributed by atoms with Gasteiger partial charge in [-0.05, 0) is 25.2 Å². The first kappa shape index (κ1) is 25.8. The molecule has 0 radical (unpaired) electrons. The summed E-state index contributed by atoms with van der Waals surface area (Å²) < 4.78 is 0. The summed E-state index contributed by atoms with van der Waals surface area (Å²) in [5, 5.41) is 25.6. The van der Waals surface area contributed by atoms with Gasteiger partial charge in [-0.1, -0.05) is 34.1 Å². The van der Waals surface area contributed by atoms with Crippen LogP contribution in [0.2, 0.25) is 0 Å². The molecule has 7 N–H and O–H groups in total. The third-order valence-corrected chi connectivity index (χ3v) is 4.37. The number of carboxylic acid groups (broad SMARTS) is 1. The van der Waals surface area contributed by atoms with E-state index in [1.807, 2.05) is 20.8 Å². The van der Waals surface area contributed by atoms with Crippen molar-refractivity contribution in [2.75, 3.05) is 6.54 Å². The van der Waals surface area contributed by atoms with Crippen LogP contribution in [-0.2, 0) is 19.2 Å². The van der Waals surface area contributed by atoms with Gasteiger partial charge in [-0.15, -0.1) is 0 Å². The maximum Gasteiger partial charge on any atom is 0.322 e. The molecule has 0 fully saturated rings. The molecule has 5 unspecified atom stereocenters. The largest absolute Gasteiger partial charge is 0.480 e. The van der Waals surface area contributed by atoms with Crippen LogP contribution in [0.3, 0.4) is 0 Å². The van der Waals surface area contributed by atoms with Crippen molar-refractivity contribution in [2.45, 2.75) is 71.7 Å². The van der Waals surface area contributed by atoms with E-state index in [0.29, 0.717) is 12.8 Å². The van der Waals surface area contributed by atoms with Crippen LogP contribution >= 0.6 is 0 Å². The fourth-order valence-corrected chi connectivity index (χ4v) is 2.42. The predicted octanol–water partition coefficient (Wildman–Crippen LogP) is -1.04. The lowest BCUT2D eigenvalue weighted by molar-refractivity contribution is -0.138. The van der Waals surface area contributed by atoms with E-state index in [1.54, 1.807) is 6.92 Å². The van der Waals surface area contributed by atoms with Gasteiger partial charge in [0, 0.05) is 0 Å². The van der Waals surface area contributed by atoms with Crippen LogP contribution in [0.15, 0.2) is 0 Å². The number of nitrogens with one attached hydrogen (secondary N) is 3. The zero-order valence-electron chi connectivity index (χ0n) is 17.2. The number of aliphatic hydroxyl groups excluding tert-OH is 1. The van der Waals surface area contributed by atoms with Crippen molar-refractivity contribution in [1.82, 2.24) is 16.0 Å². The summed E-state index contributed by atoms with van der Waals surface area (Å²) in [7, 11) is 0. The smallest absolute Gasteiger partial charge is 0.322 e.